The van der Waals surface area contributed by atoms with Crippen LogP contribution in [0.15, 0.2) is 60.7 Å². The van der Waals surface area contributed by atoms with Crippen molar-refractivity contribution in [3.8, 4) is 11.5 Å². The number of hydrogen-bond acceptors (Lipinski definition) is 6. The van der Waals surface area contributed by atoms with Gasteiger partial charge in [0, 0.05) is 6.54 Å². The summed E-state index contributed by atoms with van der Waals surface area (Å²) in [7, 11) is -3.79. The van der Waals surface area contributed by atoms with Crippen molar-refractivity contribution in [1.29, 1.82) is 0 Å². The summed E-state index contributed by atoms with van der Waals surface area (Å²) in [6.07, 6.45) is 4.32. The molecule has 1 aliphatic rings. The second kappa shape index (κ2) is 14.5. The van der Waals surface area contributed by atoms with E-state index >= 15 is 0 Å². The highest BCUT2D eigenvalue weighted by atomic mass is 35.5. The lowest BCUT2D eigenvalue weighted by molar-refractivity contribution is -0.135. The fraction of sp³-hybridized carbons (Fsp3) is 0.435. The van der Waals surface area contributed by atoms with Gasteiger partial charge in [0.1, 0.15) is 11.5 Å². The second-order valence-corrected chi connectivity index (χ2v) is 9.79. The maximum absolute atomic E-state index is 14.2. The molecule has 10 heteroatoms. The molecular weight excluding hydrogens is 484 g/mol. The van der Waals surface area contributed by atoms with Crippen LogP contribution in [0.1, 0.15) is 38.5 Å². The zero-order chi connectivity index (χ0) is 22.1. The van der Waals surface area contributed by atoms with E-state index in [-0.39, 0.29) is 30.7 Å². The van der Waals surface area contributed by atoms with Gasteiger partial charge in [-0.3, -0.25) is 4.79 Å². The van der Waals surface area contributed by atoms with Crippen LogP contribution in [0.2, 0.25) is 0 Å². The minimum absolute atomic E-state index is 0. The van der Waals surface area contributed by atoms with E-state index in [0.29, 0.717) is 37.4 Å². The fourth-order valence-corrected chi connectivity index (χ4v) is 5.92. The van der Waals surface area contributed by atoms with Gasteiger partial charge in [0.2, 0.25) is 5.91 Å². The first-order valence-electron chi connectivity index (χ1n) is 10.9. The third kappa shape index (κ3) is 8.20. The first kappa shape index (κ1) is 29.3. The Morgan fingerprint density at radius 3 is 2.03 bits per heavy atom. The van der Waals surface area contributed by atoms with E-state index in [9.17, 15) is 9.36 Å². The van der Waals surface area contributed by atoms with Gasteiger partial charge in [-0.1, -0.05) is 42.8 Å². The Bertz CT molecular complexity index is 831. The Morgan fingerprint density at radius 1 is 0.970 bits per heavy atom. The second-order valence-electron chi connectivity index (χ2n) is 7.75. The Kier molecular flexibility index (Phi) is 12.9. The van der Waals surface area contributed by atoms with E-state index in [4.69, 9.17) is 20.5 Å². The van der Waals surface area contributed by atoms with Crippen LogP contribution in [-0.4, -0.2) is 35.7 Å². The molecule has 184 valence electrons. The third-order valence-electron chi connectivity index (χ3n) is 5.36. The standard InChI is InChI=1S/C23H32N3O4P.2ClH/c24-17-9-7-15-21(25)23(27)26-18-10-8-16-22(26)31(28,29-19-11-3-1-4-12-19)30-20-13-5-2-6-14-20;;/h1-6,11-14,21-22H,7-10,15-18,24-25H2;2*1H/t21-,22?;;/m0../s1. The highest BCUT2D eigenvalue weighted by molar-refractivity contribution is 7.55. The van der Waals surface area contributed by atoms with Gasteiger partial charge in [0.15, 0.2) is 5.78 Å². The summed E-state index contributed by atoms with van der Waals surface area (Å²) in [6.45, 7) is 1.05. The molecule has 1 aliphatic heterocycles. The maximum atomic E-state index is 14.2. The molecule has 0 radical (unpaired) electrons. The van der Waals surface area contributed by atoms with Gasteiger partial charge >= 0.3 is 7.60 Å². The van der Waals surface area contributed by atoms with E-state index < -0.39 is 19.4 Å². The minimum atomic E-state index is -3.79. The number of hydrogen-bond donors (Lipinski definition) is 2. The van der Waals surface area contributed by atoms with Crippen LogP contribution in [0.4, 0.5) is 0 Å². The number of nitrogens with two attached hydrogens (primary N) is 2. The number of carbonyl (C=O) groups is 1. The number of nitrogens with zero attached hydrogens (tertiary/aromatic N) is 1. The Labute approximate surface area is 208 Å². The number of amides is 1. The van der Waals surface area contributed by atoms with Crippen molar-refractivity contribution in [3.63, 3.8) is 0 Å². The van der Waals surface area contributed by atoms with E-state index in [2.05, 4.69) is 0 Å². The number of piperidine rings is 1. The van der Waals surface area contributed by atoms with Crippen LogP contribution in [0.5, 0.6) is 11.5 Å². The van der Waals surface area contributed by atoms with Gasteiger partial charge in [0.05, 0.1) is 6.04 Å². The SMILES string of the molecule is Cl.Cl.NCCCC[C@H](N)C(=O)N1CCCCC1P(=O)(Oc1ccccc1)Oc1ccccc1. The highest BCUT2D eigenvalue weighted by Gasteiger charge is 2.46. The molecule has 1 saturated heterocycles. The highest BCUT2D eigenvalue weighted by Crippen LogP contribution is 2.56. The molecule has 0 saturated carbocycles. The van der Waals surface area contributed by atoms with Gasteiger partial charge in [-0.05, 0) is 62.9 Å². The van der Waals surface area contributed by atoms with Gasteiger partial charge in [0.25, 0.3) is 0 Å². The average Bonchev–Trinajstić information content (AvgIpc) is 2.80. The average molecular weight is 518 g/mol. The topological polar surface area (TPSA) is 108 Å². The summed E-state index contributed by atoms with van der Waals surface area (Å²) >= 11 is 0. The van der Waals surface area contributed by atoms with Crippen molar-refractivity contribution in [3.05, 3.63) is 60.7 Å². The first-order chi connectivity index (χ1) is 15.0. The molecule has 2 aromatic rings. The summed E-state index contributed by atoms with van der Waals surface area (Å²) < 4.78 is 26.2. The van der Waals surface area contributed by atoms with E-state index in [1.165, 1.54) is 0 Å². The zero-order valence-corrected chi connectivity index (χ0v) is 21.1. The summed E-state index contributed by atoms with van der Waals surface area (Å²) in [6, 6.07) is 17.2. The van der Waals surface area contributed by atoms with Crippen LogP contribution < -0.4 is 20.5 Å². The molecule has 0 spiro atoms. The molecule has 2 atom stereocenters. The fourth-order valence-electron chi connectivity index (χ4n) is 3.74. The molecule has 1 heterocycles. The molecular formula is C23H34Cl2N3O4P. The van der Waals surface area contributed by atoms with E-state index in [0.717, 1.165) is 25.7 Å². The van der Waals surface area contributed by atoms with Crippen LogP contribution >= 0.6 is 32.4 Å². The number of para-hydroxylation sites is 2. The minimum Gasteiger partial charge on any atom is -0.415 e. The molecule has 1 unspecified atom stereocenters. The molecule has 2 aromatic carbocycles. The molecule has 1 fully saturated rings. The number of benzene rings is 2. The smallest absolute Gasteiger partial charge is 0.415 e. The lowest BCUT2D eigenvalue weighted by Crippen LogP contribution is -2.51. The summed E-state index contributed by atoms with van der Waals surface area (Å²) in [5, 5.41) is 0. The quantitative estimate of drug-likeness (QED) is 0.340. The van der Waals surface area contributed by atoms with E-state index in [1.54, 1.807) is 53.4 Å². The molecule has 1 amide bonds. The Balaban J connectivity index is 0.00000272. The van der Waals surface area contributed by atoms with Crippen LogP contribution in [0.3, 0.4) is 0 Å². The molecule has 3 rings (SSSR count). The monoisotopic (exact) mass is 517 g/mol. The number of likely N-dealkylation sites (tertiary alicyclic amines) is 1. The summed E-state index contributed by atoms with van der Waals surface area (Å²) in [5.41, 5.74) is 11.7. The van der Waals surface area contributed by atoms with Crippen LogP contribution in [0, 0.1) is 0 Å². The Morgan fingerprint density at radius 2 is 1.52 bits per heavy atom. The predicted molar refractivity (Wildman–Crippen MR) is 136 cm³/mol. The van der Waals surface area contributed by atoms with Gasteiger partial charge in [-0.25, -0.2) is 4.57 Å². The van der Waals surface area contributed by atoms with Crippen molar-refractivity contribution in [1.82, 2.24) is 4.90 Å². The molecule has 0 aromatic heterocycles. The lowest BCUT2D eigenvalue weighted by Gasteiger charge is -2.39. The van der Waals surface area contributed by atoms with Gasteiger partial charge < -0.3 is 25.4 Å². The first-order valence-corrected chi connectivity index (χ1v) is 12.5. The van der Waals surface area contributed by atoms with Crippen molar-refractivity contribution >= 4 is 38.3 Å². The Hall–Kier alpha value is -1.76. The number of carbonyl (C=O) groups excluding carboxylic acids is 1. The predicted octanol–water partition coefficient (Wildman–Crippen LogP) is 4.98. The van der Waals surface area contributed by atoms with Gasteiger partial charge in [-0.2, -0.15) is 0 Å². The molecule has 0 bridgehead atoms. The number of rotatable bonds is 10. The van der Waals surface area contributed by atoms with Crippen molar-refractivity contribution < 1.29 is 18.4 Å². The van der Waals surface area contributed by atoms with Crippen LogP contribution in [-0.2, 0) is 9.36 Å². The lowest BCUT2D eigenvalue weighted by atomic mass is 10.1. The molecule has 33 heavy (non-hydrogen) atoms. The zero-order valence-electron chi connectivity index (χ0n) is 18.6. The molecule has 4 N–H and O–H groups in total. The maximum Gasteiger partial charge on any atom is 0.453 e. The van der Waals surface area contributed by atoms with Crippen molar-refractivity contribution in [2.45, 2.75) is 50.3 Å². The normalized spacial score (nSPS) is 16.7. The number of halogens is 2. The van der Waals surface area contributed by atoms with Crippen molar-refractivity contribution in [2.75, 3.05) is 13.1 Å². The molecule has 0 aliphatic carbocycles. The summed E-state index contributed by atoms with van der Waals surface area (Å²) in [4.78, 5) is 14.8. The molecule has 7 nitrogen and oxygen atoms in total. The van der Waals surface area contributed by atoms with E-state index in [1.807, 2.05) is 12.1 Å². The number of unbranched alkanes of at least 4 members (excludes halogenated alkanes) is 1. The largest absolute Gasteiger partial charge is 0.453 e. The van der Waals surface area contributed by atoms with Gasteiger partial charge in [-0.15, -0.1) is 24.8 Å². The van der Waals surface area contributed by atoms with Crippen LogP contribution in [0.25, 0.3) is 0 Å². The third-order valence-corrected chi connectivity index (χ3v) is 7.55. The summed E-state index contributed by atoms with van der Waals surface area (Å²) in [5.74, 6) is -0.0380. The van der Waals surface area contributed by atoms with Crippen molar-refractivity contribution in [2.24, 2.45) is 11.5 Å².